The zero-order valence-corrected chi connectivity index (χ0v) is 14.4. The number of rotatable bonds is 5. The van der Waals surface area contributed by atoms with Crippen molar-refractivity contribution in [2.75, 3.05) is 6.54 Å². The first kappa shape index (κ1) is 16.5. The van der Waals surface area contributed by atoms with E-state index in [1.807, 2.05) is 0 Å². The largest absolute Gasteiger partial charge is 0.312 e. The third-order valence-electron chi connectivity index (χ3n) is 5.26. The van der Waals surface area contributed by atoms with Gasteiger partial charge in [0.25, 0.3) is 0 Å². The smallest absolute Gasteiger partial charge is 0.0205 e. The Kier molecular flexibility index (Phi) is 5.87. The summed E-state index contributed by atoms with van der Waals surface area (Å²) in [5, 5.41) is 3.66. The molecule has 1 aliphatic carbocycles. The van der Waals surface area contributed by atoms with Crippen LogP contribution in [-0.4, -0.2) is 6.54 Å². The Balaban J connectivity index is 1.68. The van der Waals surface area contributed by atoms with Crippen LogP contribution in [0.2, 0.25) is 0 Å². The predicted octanol–water partition coefficient (Wildman–Crippen LogP) is 5.19. The molecular formula is C20H33N. The maximum absolute atomic E-state index is 3.66. The molecule has 1 heteroatoms. The Hall–Kier alpha value is -0.820. The van der Waals surface area contributed by atoms with Crippen LogP contribution in [-0.2, 0) is 13.0 Å². The van der Waals surface area contributed by atoms with E-state index in [4.69, 9.17) is 0 Å². The molecule has 0 amide bonds. The fraction of sp³-hybridized carbons (Fsp3) is 0.700. The normalized spacial score (nSPS) is 23.2. The molecule has 0 radical (unpaired) electrons. The molecule has 0 unspecified atom stereocenters. The summed E-state index contributed by atoms with van der Waals surface area (Å²) in [6, 6.07) is 9.04. The van der Waals surface area contributed by atoms with Crippen LogP contribution in [0.5, 0.6) is 0 Å². The molecule has 0 aromatic heterocycles. The molecule has 1 aromatic carbocycles. The number of hydrogen-bond acceptors (Lipinski definition) is 1. The van der Waals surface area contributed by atoms with Gasteiger partial charge in [-0.2, -0.15) is 0 Å². The highest BCUT2D eigenvalue weighted by molar-refractivity contribution is 5.22. The first-order valence-electron chi connectivity index (χ1n) is 8.77. The highest BCUT2D eigenvalue weighted by atomic mass is 14.9. The van der Waals surface area contributed by atoms with Crippen molar-refractivity contribution in [3.8, 4) is 0 Å². The molecule has 0 bridgehead atoms. The molecule has 2 rings (SSSR count). The zero-order valence-electron chi connectivity index (χ0n) is 14.4. The van der Waals surface area contributed by atoms with Crippen molar-refractivity contribution in [1.29, 1.82) is 0 Å². The number of hydrogen-bond donors (Lipinski definition) is 1. The first-order chi connectivity index (χ1) is 9.99. The van der Waals surface area contributed by atoms with Gasteiger partial charge in [0.15, 0.2) is 0 Å². The van der Waals surface area contributed by atoms with Crippen LogP contribution < -0.4 is 5.32 Å². The molecular weight excluding hydrogens is 254 g/mol. The summed E-state index contributed by atoms with van der Waals surface area (Å²) in [6.07, 6.45) is 6.78. The van der Waals surface area contributed by atoms with Gasteiger partial charge in [-0.1, -0.05) is 52.0 Å². The highest BCUT2D eigenvalue weighted by Crippen LogP contribution is 2.39. The van der Waals surface area contributed by atoms with E-state index in [0.717, 1.165) is 24.8 Å². The van der Waals surface area contributed by atoms with Gasteiger partial charge in [0, 0.05) is 6.54 Å². The highest BCUT2D eigenvalue weighted by Gasteiger charge is 2.29. The van der Waals surface area contributed by atoms with Crippen LogP contribution in [0.1, 0.15) is 64.5 Å². The molecule has 0 aliphatic heterocycles. The third kappa shape index (κ3) is 5.14. The van der Waals surface area contributed by atoms with Gasteiger partial charge in [0.2, 0.25) is 0 Å². The van der Waals surface area contributed by atoms with Gasteiger partial charge in [0.1, 0.15) is 0 Å². The van der Waals surface area contributed by atoms with Crippen LogP contribution in [0.4, 0.5) is 0 Å². The average molecular weight is 287 g/mol. The molecule has 0 spiro atoms. The summed E-state index contributed by atoms with van der Waals surface area (Å²) in [4.78, 5) is 0. The molecule has 1 aromatic rings. The summed E-state index contributed by atoms with van der Waals surface area (Å²) in [5.41, 5.74) is 3.34. The van der Waals surface area contributed by atoms with E-state index >= 15 is 0 Å². The monoisotopic (exact) mass is 287 g/mol. The van der Waals surface area contributed by atoms with E-state index < -0.39 is 0 Å². The van der Waals surface area contributed by atoms with E-state index in [1.165, 1.54) is 43.4 Å². The van der Waals surface area contributed by atoms with Crippen molar-refractivity contribution in [1.82, 2.24) is 5.32 Å². The van der Waals surface area contributed by atoms with E-state index in [2.05, 4.69) is 57.3 Å². The van der Waals surface area contributed by atoms with Gasteiger partial charge in [-0.05, 0) is 67.0 Å². The van der Waals surface area contributed by atoms with Gasteiger partial charge < -0.3 is 5.32 Å². The summed E-state index contributed by atoms with van der Waals surface area (Å²) in [6.45, 7) is 11.6. The SMILES string of the molecule is CCc1ccc(CNCC2CCC(C(C)(C)C)CC2)cc1. The molecule has 0 atom stereocenters. The summed E-state index contributed by atoms with van der Waals surface area (Å²) in [5.74, 6) is 1.81. The molecule has 21 heavy (non-hydrogen) atoms. The Morgan fingerprint density at radius 2 is 1.52 bits per heavy atom. The molecule has 1 N–H and O–H groups in total. The third-order valence-corrected chi connectivity index (χ3v) is 5.26. The second-order valence-corrected chi connectivity index (χ2v) is 7.88. The predicted molar refractivity (Wildman–Crippen MR) is 92.4 cm³/mol. The lowest BCUT2D eigenvalue weighted by Crippen LogP contribution is -2.30. The van der Waals surface area contributed by atoms with Gasteiger partial charge in [-0.3, -0.25) is 0 Å². The Bertz CT molecular complexity index is 404. The minimum Gasteiger partial charge on any atom is -0.312 e. The Morgan fingerprint density at radius 1 is 0.952 bits per heavy atom. The average Bonchev–Trinajstić information content (AvgIpc) is 2.47. The summed E-state index contributed by atoms with van der Waals surface area (Å²) in [7, 11) is 0. The molecule has 1 saturated carbocycles. The van der Waals surface area contributed by atoms with Gasteiger partial charge in [0.05, 0.1) is 0 Å². The van der Waals surface area contributed by atoms with Crippen molar-refractivity contribution in [2.45, 2.75) is 66.3 Å². The van der Waals surface area contributed by atoms with Crippen LogP contribution in [0.15, 0.2) is 24.3 Å². The molecule has 0 heterocycles. The maximum Gasteiger partial charge on any atom is 0.0205 e. The molecule has 1 fully saturated rings. The number of nitrogens with one attached hydrogen (secondary N) is 1. The number of benzene rings is 1. The molecule has 0 saturated heterocycles. The Labute approximate surface area is 131 Å². The maximum atomic E-state index is 3.66. The standard InChI is InChI=1S/C20H33N/c1-5-16-6-8-17(9-7-16)14-21-15-18-10-12-19(13-11-18)20(2,3)4/h6-9,18-19,21H,5,10-15H2,1-4H3. The number of aryl methyl sites for hydroxylation is 1. The first-order valence-corrected chi connectivity index (χ1v) is 8.77. The molecule has 1 aliphatic rings. The van der Waals surface area contributed by atoms with E-state index in [1.54, 1.807) is 0 Å². The molecule has 118 valence electrons. The second kappa shape index (κ2) is 7.45. The van der Waals surface area contributed by atoms with Crippen molar-refractivity contribution in [2.24, 2.45) is 17.3 Å². The van der Waals surface area contributed by atoms with Crippen molar-refractivity contribution < 1.29 is 0 Å². The van der Waals surface area contributed by atoms with Crippen molar-refractivity contribution >= 4 is 0 Å². The lowest BCUT2D eigenvalue weighted by molar-refractivity contribution is 0.149. The summed E-state index contributed by atoms with van der Waals surface area (Å²) >= 11 is 0. The minimum atomic E-state index is 0.499. The zero-order chi connectivity index (χ0) is 15.3. The van der Waals surface area contributed by atoms with Crippen LogP contribution in [0, 0.1) is 17.3 Å². The van der Waals surface area contributed by atoms with Gasteiger partial charge in [-0.25, -0.2) is 0 Å². The van der Waals surface area contributed by atoms with Crippen LogP contribution >= 0.6 is 0 Å². The van der Waals surface area contributed by atoms with E-state index in [9.17, 15) is 0 Å². The quantitative estimate of drug-likeness (QED) is 0.785. The van der Waals surface area contributed by atoms with Crippen LogP contribution in [0.3, 0.4) is 0 Å². The van der Waals surface area contributed by atoms with Gasteiger partial charge in [-0.15, -0.1) is 0 Å². The topological polar surface area (TPSA) is 12.0 Å². The fourth-order valence-corrected chi connectivity index (χ4v) is 3.55. The van der Waals surface area contributed by atoms with Crippen molar-refractivity contribution in [3.05, 3.63) is 35.4 Å². The minimum absolute atomic E-state index is 0.499. The lowest BCUT2D eigenvalue weighted by Gasteiger charge is -2.37. The van der Waals surface area contributed by atoms with Crippen molar-refractivity contribution in [3.63, 3.8) is 0 Å². The molecule has 1 nitrogen and oxygen atoms in total. The Morgan fingerprint density at radius 3 is 2.05 bits per heavy atom. The second-order valence-electron chi connectivity index (χ2n) is 7.88. The van der Waals surface area contributed by atoms with Crippen LogP contribution in [0.25, 0.3) is 0 Å². The van der Waals surface area contributed by atoms with Gasteiger partial charge >= 0.3 is 0 Å². The van der Waals surface area contributed by atoms with E-state index in [-0.39, 0.29) is 0 Å². The summed E-state index contributed by atoms with van der Waals surface area (Å²) < 4.78 is 0. The fourth-order valence-electron chi connectivity index (χ4n) is 3.55. The lowest BCUT2D eigenvalue weighted by atomic mass is 9.70. The van der Waals surface area contributed by atoms with E-state index in [0.29, 0.717) is 5.41 Å².